The molecule has 0 amide bonds. The highest BCUT2D eigenvalue weighted by atomic mass is 31.2. The number of hydrogen-bond acceptors (Lipinski definition) is 4. The van der Waals surface area contributed by atoms with E-state index in [-0.39, 0.29) is 0 Å². The average Bonchev–Trinajstić information content (AvgIpc) is 1.80. The zero-order valence-electron chi connectivity index (χ0n) is 5.25. The Balaban J connectivity index is 3.72. The molecule has 0 aliphatic carbocycles. The molecular formula is C3H7O7P. The molecule has 1 atom stereocenters. The number of aliphatic hydroxyl groups is 1. The Labute approximate surface area is 61.5 Å². The highest BCUT2D eigenvalue weighted by Gasteiger charge is 2.20. The predicted molar refractivity (Wildman–Crippen MR) is 31.6 cm³/mol. The lowest BCUT2D eigenvalue weighted by molar-refractivity contribution is -0.148. The van der Waals surface area contributed by atoms with Crippen LogP contribution in [0.5, 0.6) is 0 Å². The van der Waals surface area contributed by atoms with E-state index in [9.17, 15) is 9.36 Å². The van der Waals surface area contributed by atoms with Crippen molar-refractivity contribution in [3.05, 3.63) is 0 Å². The predicted octanol–water partition coefficient (Wildman–Crippen LogP) is -1.46. The molecule has 0 saturated carbocycles. The molecule has 4 N–H and O–H groups in total. The van der Waals surface area contributed by atoms with Crippen LogP contribution in [0, 0.1) is 0 Å². The molecule has 11 heavy (non-hydrogen) atoms. The fourth-order valence-corrected chi connectivity index (χ4v) is 0.574. The normalized spacial score (nSPS) is 14.5. The first-order valence-corrected chi connectivity index (χ1v) is 3.97. The first-order chi connectivity index (χ1) is 4.83. The van der Waals surface area contributed by atoms with Crippen LogP contribution >= 0.6 is 7.82 Å². The van der Waals surface area contributed by atoms with Gasteiger partial charge in [-0.3, -0.25) is 4.52 Å². The van der Waals surface area contributed by atoms with Crippen LogP contribution in [-0.4, -0.2) is 38.7 Å². The molecule has 0 aromatic heterocycles. The summed E-state index contributed by atoms with van der Waals surface area (Å²) in [5, 5.41) is 16.4. The molecule has 0 fully saturated rings. The maximum absolute atomic E-state index is 9.93. The number of carboxylic acid groups (broad SMARTS) is 1. The topological polar surface area (TPSA) is 124 Å². The van der Waals surface area contributed by atoms with Crippen molar-refractivity contribution in [3.63, 3.8) is 0 Å². The van der Waals surface area contributed by atoms with Crippen molar-refractivity contribution in [2.75, 3.05) is 6.61 Å². The Morgan fingerprint density at radius 3 is 2.27 bits per heavy atom. The Morgan fingerprint density at radius 2 is 2.00 bits per heavy atom. The van der Waals surface area contributed by atoms with Gasteiger partial charge in [0.2, 0.25) is 0 Å². The first-order valence-electron chi connectivity index (χ1n) is 2.44. The van der Waals surface area contributed by atoms with E-state index in [1.807, 2.05) is 0 Å². The van der Waals surface area contributed by atoms with Gasteiger partial charge in [-0.1, -0.05) is 0 Å². The third-order valence-corrected chi connectivity index (χ3v) is 1.17. The number of hydrogen-bond donors (Lipinski definition) is 4. The maximum Gasteiger partial charge on any atom is 0.469 e. The van der Waals surface area contributed by atoms with Crippen LogP contribution in [0.25, 0.3) is 0 Å². The number of rotatable bonds is 4. The van der Waals surface area contributed by atoms with E-state index in [2.05, 4.69) is 4.52 Å². The first kappa shape index (κ1) is 10.5. The number of aliphatic hydroxyl groups excluding tert-OH is 1. The Bertz CT molecular complexity index is 182. The van der Waals surface area contributed by atoms with Crippen molar-refractivity contribution in [2.24, 2.45) is 0 Å². The average molecular weight is 186 g/mol. The van der Waals surface area contributed by atoms with E-state index in [4.69, 9.17) is 20.0 Å². The van der Waals surface area contributed by atoms with Crippen LogP contribution in [0.15, 0.2) is 0 Å². The molecule has 0 aromatic rings. The summed E-state index contributed by atoms with van der Waals surface area (Å²) in [6.45, 7) is -0.931. The number of aliphatic carboxylic acids is 1. The molecule has 0 aliphatic heterocycles. The van der Waals surface area contributed by atoms with Gasteiger partial charge in [0.15, 0.2) is 6.10 Å². The van der Waals surface area contributed by atoms with Gasteiger partial charge in [0.25, 0.3) is 0 Å². The van der Waals surface area contributed by atoms with Gasteiger partial charge in [0.1, 0.15) is 0 Å². The lowest BCUT2D eigenvalue weighted by atomic mass is 10.4. The second-order valence-electron chi connectivity index (χ2n) is 1.64. The van der Waals surface area contributed by atoms with E-state index in [1.54, 1.807) is 0 Å². The largest absolute Gasteiger partial charge is 0.479 e. The lowest BCUT2D eigenvalue weighted by Crippen LogP contribution is -2.24. The van der Waals surface area contributed by atoms with Crippen molar-refractivity contribution in [3.8, 4) is 0 Å². The van der Waals surface area contributed by atoms with Gasteiger partial charge in [-0.15, -0.1) is 0 Å². The molecule has 0 spiro atoms. The lowest BCUT2D eigenvalue weighted by Gasteiger charge is -2.06. The highest BCUT2D eigenvalue weighted by molar-refractivity contribution is 7.46. The summed E-state index contributed by atoms with van der Waals surface area (Å²) in [4.78, 5) is 25.9. The van der Waals surface area contributed by atoms with Crippen LogP contribution in [-0.2, 0) is 13.9 Å². The molecule has 0 radical (unpaired) electrons. The van der Waals surface area contributed by atoms with Crippen LogP contribution < -0.4 is 0 Å². The molecule has 8 heteroatoms. The molecule has 7 nitrogen and oxygen atoms in total. The molecule has 0 rings (SSSR count). The molecule has 0 bridgehead atoms. The molecule has 0 saturated heterocycles. The van der Waals surface area contributed by atoms with Crippen molar-refractivity contribution < 1.29 is 33.9 Å². The number of carbonyl (C=O) groups is 1. The maximum atomic E-state index is 9.93. The van der Waals surface area contributed by atoms with Crippen molar-refractivity contribution in [1.82, 2.24) is 0 Å². The van der Waals surface area contributed by atoms with Crippen LogP contribution in [0.2, 0.25) is 0 Å². The summed E-state index contributed by atoms with van der Waals surface area (Å²) in [6, 6.07) is 0. The van der Waals surface area contributed by atoms with Gasteiger partial charge >= 0.3 is 13.8 Å². The van der Waals surface area contributed by atoms with Gasteiger partial charge in [-0.05, 0) is 0 Å². The number of phosphoric ester groups is 1. The molecular weight excluding hydrogens is 179 g/mol. The van der Waals surface area contributed by atoms with Gasteiger partial charge in [-0.2, -0.15) is 0 Å². The van der Waals surface area contributed by atoms with E-state index in [1.165, 1.54) is 0 Å². The Hall–Kier alpha value is -0.460. The zero-order valence-corrected chi connectivity index (χ0v) is 6.14. The van der Waals surface area contributed by atoms with Gasteiger partial charge < -0.3 is 20.0 Å². The van der Waals surface area contributed by atoms with Crippen molar-refractivity contribution in [1.29, 1.82) is 0 Å². The summed E-state index contributed by atoms with van der Waals surface area (Å²) in [5.41, 5.74) is 0. The van der Waals surface area contributed by atoms with Crippen LogP contribution in [0.3, 0.4) is 0 Å². The molecule has 66 valence electrons. The monoisotopic (exact) mass is 186 g/mol. The second-order valence-corrected chi connectivity index (χ2v) is 2.88. The van der Waals surface area contributed by atoms with Gasteiger partial charge in [0.05, 0.1) is 6.61 Å². The fourth-order valence-electron chi connectivity index (χ4n) is 0.239. The summed E-state index contributed by atoms with van der Waals surface area (Å²) < 4.78 is 13.6. The summed E-state index contributed by atoms with van der Waals surface area (Å²) >= 11 is 0. The summed E-state index contributed by atoms with van der Waals surface area (Å²) in [7, 11) is -4.68. The van der Waals surface area contributed by atoms with Gasteiger partial charge in [0, 0.05) is 0 Å². The minimum atomic E-state index is -4.68. The van der Waals surface area contributed by atoms with Crippen LogP contribution in [0.1, 0.15) is 0 Å². The molecule has 0 aliphatic rings. The summed E-state index contributed by atoms with van der Waals surface area (Å²) in [6.07, 6.45) is -1.91. The van der Waals surface area contributed by atoms with Crippen LogP contribution in [0.4, 0.5) is 0 Å². The Kier molecular flexibility index (Phi) is 3.64. The van der Waals surface area contributed by atoms with E-state index in [0.717, 1.165) is 0 Å². The summed E-state index contributed by atoms with van der Waals surface area (Å²) in [5.74, 6) is -1.60. The molecule has 0 heterocycles. The van der Waals surface area contributed by atoms with Crippen molar-refractivity contribution >= 4 is 13.8 Å². The standard InChI is InChI=1S/C3H7O7P/c4-2(3(5)6)1-10-11(7,8)9/h2,4H,1H2,(H,5,6)(H2,7,8,9)/t2-/m0/s1. The third-order valence-electron chi connectivity index (χ3n) is 0.686. The van der Waals surface area contributed by atoms with E-state index in [0.29, 0.717) is 0 Å². The molecule has 0 unspecified atom stereocenters. The zero-order chi connectivity index (χ0) is 9.07. The third kappa shape index (κ3) is 5.96. The number of carboxylic acids is 1. The minimum Gasteiger partial charge on any atom is -0.479 e. The quantitative estimate of drug-likeness (QED) is 0.395. The minimum absolute atomic E-state index is 0.931. The fraction of sp³-hybridized carbons (Fsp3) is 0.667. The SMILES string of the molecule is O=C(O)[C@@H](O)COP(=O)(O)O. The van der Waals surface area contributed by atoms with Crippen molar-refractivity contribution in [2.45, 2.75) is 6.10 Å². The van der Waals surface area contributed by atoms with Gasteiger partial charge in [-0.25, -0.2) is 9.36 Å². The second kappa shape index (κ2) is 3.80. The Morgan fingerprint density at radius 1 is 1.55 bits per heavy atom. The van der Waals surface area contributed by atoms with E-state index < -0.39 is 26.5 Å². The smallest absolute Gasteiger partial charge is 0.469 e. The molecule has 0 aromatic carbocycles. The van der Waals surface area contributed by atoms with E-state index >= 15 is 0 Å². The highest BCUT2D eigenvalue weighted by Crippen LogP contribution is 2.35. The number of phosphoric acid groups is 1.